The number of pyridine rings is 1. The number of aromatic amines is 1. The number of aryl methyl sites for hydroxylation is 1. The SMILES string of the molecule is NCCN1CCN(C(=O)CCc2cc3c(cn2)[nH]c2ccccc23)CC1. The Morgan fingerprint density at radius 2 is 1.92 bits per heavy atom. The third-order valence-corrected chi connectivity index (χ3v) is 5.21. The number of nitrogens with two attached hydrogens (primary N) is 1. The van der Waals surface area contributed by atoms with Crippen LogP contribution in [0.3, 0.4) is 0 Å². The van der Waals surface area contributed by atoms with Crippen LogP contribution in [0.25, 0.3) is 21.8 Å². The van der Waals surface area contributed by atoms with E-state index in [1.807, 2.05) is 23.2 Å². The third kappa shape index (κ3) is 3.43. The lowest BCUT2D eigenvalue weighted by molar-refractivity contribution is -0.132. The van der Waals surface area contributed by atoms with Gasteiger partial charge in [0.05, 0.1) is 11.7 Å². The molecule has 1 aliphatic heterocycles. The summed E-state index contributed by atoms with van der Waals surface area (Å²) < 4.78 is 0. The van der Waals surface area contributed by atoms with Crippen molar-refractivity contribution >= 4 is 27.7 Å². The molecule has 0 spiro atoms. The first-order chi connectivity index (χ1) is 12.7. The molecule has 3 heterocycles. The number of carbonyl (C=O) groups excluding carboxylic acids is 1. The number of nitrogens with one attached hydrogen (secondary N) is 1. The van der Waals surface area contributed by atoms with Crippen LogP contribution in [0.15, 0.2) is 36.5 Å². The van der Waals surface area contributed by atoms with Gasteiger partial charge in [-0.1, -0.05) is 18.2 Å². The maximum absolute atomic E-state index is 12.5. The minimum absolute atomic E-state index is 0.221. The quantitative estimate of drug-likeness (QED) is 0.734. The van der Waals surface area contributed by atoms with E-state index in [1.54, 1.807) is 0 Å². The summed E-state index contributed by atoms with van der Waals surface area (Å²) in [5.41, 5.74) is 8.73. The second-order valence-electron chi connectivity index (χ2n) is 6.90. The van der Waals surface area contributed by atoms with Crippen molar-refractivity contribution < 1.29 is 4.79 Å². The molecule has 3 N–H and O–H groups in total. The number of H-pyrrole nitrogens is 1. The van der Waals surface area contributed by atoms with E-state index in [0.717, 1.165) is 49.5 Å². The highest BCUT2D eigenvalue weighted by atomic mass is 16.2. The number of fused-ring (bicyclic) bond motifs is 3. The zero-order valence-electron chi connectivity index (χ0n) is 14.9. The number of para-hydroxylation sites is 1. The number of rotatable bonds is 5. The van der Waals surface area contributed by atoms with E-state index in [0.29, 0.717) is 19.4 Å². The molecule has 0 unspecified atom stereocenters. The van der Waals surface area contributed by atoms with Gasteiger partial charge in [0.2, 0.25) is 5.91 Å². The van der Waals surface area contributed by atoms with E-state index in [-0.39, 0.29) is 5.91 Å². The van der Waals surface area contributed by atoms with Crippen LogP contribution >= 0.6 is 0 Å². The van der Waals surface area contributed by atoms with Gasteiger partial charge in [0.25, 0.3) is 0 Å². The van der Waals surface area contributed by atoms with Crippen LogP contribution in [-0.4, -0.2) is 64.9 Å². The van der Waals surface area contributed by atoms with E-state index in [1.165, 1.54) is 10.8 Å². The minimum Gasteiger partial charge on any atom is -0.353 e. The van der Waals surface area contributed by atoms with Crippen molar-refractivity contribution in [1.29, 1.82) is 0 Å². The molecule has 0 aliphatic carbocycles. The molecule has 0 bridgehead atoms. The van der Waals surface area contributed by atoms with Crippen LogP contribution in [-0.2, 0) is 11.2 Å². The molecule has 6 nitrogen and oxygen atoms in total. The van der Waals surface area contributed by atoms with E-state index in [2.05, 4.69) is 33.1 Å². The van der Waals surface area contributed by atoms with Crippen molar-refractivity contribution in [2.45, 2.75) is 12.8 Å². The largest absolute Gasteiger partial charge is 0.353 e. The summed E-state index contributed by atoms with van der Waals surface area (Å²) in [4.78, 5) is 24.7. The Kier molecular flexibility index (Phi) is 4.86. The van der Waals surface area contributed by atoms with Gasteiger partial charge in [0.15, 0.2) is 0 Å². The number of amides is 1. The van der Waals surface area contributed by atoms with Gasteiger partial charge in [0, 0.05) is 67.7 Å². The number of benzene rings is 1. The van der Waals surface area contributed by atoms with Gasteiger partial charge < -0.3 is 15.6 Å². The first kappa shape index (κ1) is 17.0. The zero-order chi connectivity index (χ0) is 17.9. The monoisotopic (exact) mass is 351 g/mol. The van der Waals surface area contributed by atoms with Crippen molar-refractivity contribution in [3.63, 3.8) is 0 Å². The molecule has 0 radical (unpaired) electrons. The number of nitrogens with zero attached hydrogens (tertiary/aromatic N) is 3. The highest BCUT2D eigenvalue weighted by Gasteiger charge is 2.20. The summed E-state index contributed by atoms with van der Waals surface area (Å²) in [6.07, 6.45) is 3.07. The lowest BCUT2D eigenvalue weighted by atomic mass is 10.1. The van der Waals surface area contributed by atoms with Crippen LogP contribution in [0.4, 0.5) is 0 Å². The smallest absolute Gasteiger partial charge is 0.223 e. The highest BCUT2D eigenvalue weighted by molar-refractivity contribution is 6.06. The first-order valence-corrected chi connectivity index (χ1v) is 9.30. The van der Waals surface area contributed by atoms with Crippen molar-refractivity contribution in [3.8, 4) is 0 Å². The summed E-state index contributed by atoms with van der Waals surface area (Å²) in [6.45, 7) is 5.03. The van der Waals surface area contributed by atoms with Crippen LogP contribution < -0.4 is 5.73 Å². The van der Waals surface area contributed by atoms with Gasteiger partial charge in [-0.05, 0) is 18.6 Å². The van der Waals surface area contributed by atoms with E-state index in [4.69, 9.17) is 5.73 Å². The molecular weight excluding hydrogens is 326 g/mol. The molecule has 0 atom stereocenters. The Labute approximate surface area is 153 Å². The Morgan fingerprint density at radius 1 is 1.12 bits per heavy atom. The van der Waals surface area contributed by atoms with Crippen LogP contribution in [0, 0.1) is 0 Å². The van der Waals surface area contributed by atoms with Gasteiger partial charge in [-0.3, -0.25) is 14.7 Å². The number of hydrogen-bond donors (Lipinski definition) is 2. The summed E-state index contributed by atoms with van der Waals surface area (Å²) in [6, 6.07) is 10.4. The predicted molar refractivity (Wildman–Crippen MR) is 104 cm³/mol. The van der Waals surface area contributed by atoms with E-state index >= 15 is 0 Å². The lowest BCUT2D eigenvalue weighted by Crippen LogP contribution is -2.49. The minimum atomic E-state index is 0.221. The molecule has 1 fully saturated rings. The van der Waals surface area contributed by atoms with Crippen LogP contribution in [0.5, 0.6) is 0 Å². The average molecular weight is 351 g/mol. The first-order valence-electron chi connectivity index (χ1n) is 9.30. The number of aromatic nitrogens is 2. The second-order valence-corrected chi connectivity index (χ2v) is 6.90. The Bertz CT molecular complexity index is 911. The highest BCUT2D eigenvalue weighted by Crippen LogP contribution is 2.25. The fraction of sp³-hybridized carbons (Fsp3) is 0.400. The molecule has 26 heavy (non-hydrogen) atoms. The summed E-state index contributed by atoms with van der Waals surface area (Å²) in [5, 5.41) is 2.38. The van der Waals surface area contributed by atoms with Gasteiger partial charge in [-0.2, -0.15) is 0 Å². The fourth-order valence-corrected chi connectivity index (χ4v) is 3.73. The molecule has 1 aliphatic rings. The maximum atomic E-state index is 12.5. The predicted octanol–water partition coefficient (Wildman–Crippen LogP) is 1.75. The summed E-state index contributed by atoms with van der Waals surface area (Å²) in [5.74, 6) is 0.221. The van der Waals surface area contributed by atoms with Gasteiger partial charge in [-0.25, -0.2) is 0 Å². The van der Waals surface area contributed by atoms with E-state index < -0.39 is 0 Å². The van der Waals surface area contributed by atoms with Gasteiger partial charge in [0.1, 0.15) is 0 Å². The molecule has 0 saturated carbocycles. The molecule has 1 aromatic carbocycles. The molecule has 1 saturated heterocycles. The molecule has 3 aromatic rings. The van der Waals surface area contributed by atoms with Crippen molar-refractivity contribution in [1.82, 2.24) is 19.8 Å². The van der Waals surface area contributed by atoms with E-state index in [9.17, 15) is 4.79 Å². The van der Waals surface area contributed by atoms with Crippen LogP contribution in [0.2, 0.25) is 0 Å². The third-order valence-electron chi connectivity index (χ3n) is 5.21. The molecule has 4 rings (SSSR count). The van der Waals surface area contributed by atoms with Crippen molar-refractivity contribution in [2.75, 3.05) is 39.3 Å². The average Bonchev–Trinajstić information content (AvgIpc) is 3.05. The molecule has 2 aromatic heterocycles. The number of piperazine rings is 1. The Balaban J connectivity index is 1.40. The van der Waals surface area contributed by atoms with Gasteiger partial charge >= 0.3 is 0 Å². The molecule has 136 valence electrons. The van der Waals surface area contributed by atoms with Crippen molar-refractivity contribution in [2.24, 2.45) is 5.73 Å². The lowest BCUT2D eigenvalue weighted by Gasteiger charge is -2.34. The van der Waals surface area contributed by atoms with Gasteiger partial charge in [-0.15, -0.1) is 0 Å². The van der Waals surface area contributed by atoms with Crippen molar-refractivity contribution in [3.05, 3.63) is 42.2 Å². The Morgan fingerprint density at radius 3 is 2.73 bits per heavy atom. The fourth-order valence-electron chi connectivity index (χ4n) is 3.73. The topological polar surface area (TPSA) is 78.2 Å². The summed E-state index contributed by atoms with van der Waals surface area (Å²) >= 11 is 0. The normalized spacial score (nSPS) is 15.8. The molecule has 1 amide bonds. The zero-order valence-corrected chi connectivity index (χ0v) is 14.9. The standard InChI is InChI=1S/C20H25N5O/c21-7-8-24-9-11-25(12-10-24)20(26)6-5-15-13-17-16-3-1-2-4-18(16)23-19(17)14-22-15/h1-4,13-14,23H,5-12,21H2. The molecular formula is C20H25N5O. The second kappa shape index (κ2) is 7.43. The maximum Gasteiger partial charge on any atom is 0.223 e. The number of hydrogen-bond acceptors (Lipinski definition) is 4. The number of carbonyl (C=O) groups is 1. The summed E-state index contributed by atoms with van der Waals surface area (Å²) in [7, 11) is 0. The van der Waals surface area contributed by atoms with Crippen LogP contribution in [0.1, 0.15) is 12.1 Å². The Hall–Kier alpha value is -2.44. The molecule has 6 heteroatoms.